The number of hydrogen-bond donors (Lipinski definition) is 0. The number of benzene rings is 1. The Labute approximate surface area is 79.3 Å². The zero-order chi connectivity index (χ0) is 9.30. The van der Waals surface area contributed by atoms with E-state index in [2.05, 4.69) is 0 Å². The average molecular weight is 204 g/mol. The van der Waals surface area contributed by atoms with Gasteiger partial charge < -0.3 is 0 Å². The van der Waals surface area contributed by atoms with Crippen molar-refractivity contribution in [2.45, 2.75) is 6.92 Å². The Kier molecular flexibility index (Phi) is 2.56. The van der Waals surface area contributed by atoms with Crippen molar-refractivity contribution in [3.05, 3.63) is 33.1 Å². The number of halogens is 3. The van der Waals surface area contributed by atoms with E-state index in [4.69, 9.17) is 28.5 Å². The van der Waals surface area contributed by atoms with E-state index in [0.29, 0.717) is 5.56 Å². The first kappa shape index (κ1) is 9.31. The van der Waals surface area contributed by atoms with Gasteiger partial charge in [-0.25, -0.2) is 4.39 Å². The second kappa shape index (κ2) is 3.30. The highest BCUT2D eigenvalue weighted by Crippen LogP contribution is 2.29. The molecule has 62 valence electrons. The Balaban J connectivity index is 3.56. The normalized spacial score (nSPS) is 9.58. The van der Waals surface area contributed by atoms with Crippen LogP contribution in [0.2, 0.25) is 10.0 Å². The molecule has 0 unspecified atom stereocenters. The fourth-order valence-corrected chi connectivity index (χ4v) is 1.26. The summed E-state index contributed by atoms with van der Waals surface area (Å²) in [6, 6.07) is 2.94. The number of nitrogens with zero attached hydrogens (tertiary/aromatic N) is 1. The van der Waals surface area contributed by atoms with Gasteiger partial charge in [-0.2, -0.15) is 5.26 Å². The van der Waals surface area contributed by atoms with Gasteiger partial charge in [-0.1, -0.05) is 23.2 Å². The van der Waals surface area contributed by atoms with Gasteiger partial charge >= 0.3 is 0 Å². The largest absolute Gasteiger partial charge is 0.205 e. The van der Waals surface area contributed by atoms with E-state index >= 15 is 0 Å². The third-order valence-electron chi connectivity index (χ3n) is 1.45. The van der Waals surface area contributed by atoms with Crippen LogP contribution in [-0.2, 0) is 0 Å². The fraction of sp³-hybridized carbons (Fsp3) is 0.125. The Hall–Kier alpha value is -0.780. The molecule has 0 aromatic heterocycles. The molecular formula is C8H4Cl2FN. The molecule has 0 amide bonds. The number of aryl methyl sites for hydroxylation is 1. The lowest BCUT2D eigenvalue weighted by molar-refractivity contribution is 0.626. The summed E-state index contributed by atoms with van der Waals surface area (Å²) >= 11 is 11.2. The van der Waals surface area contributed by atoms with Crippen LogP contribution in [0.4, 0.5) is 4.39 Å². The molecule has 0 heterocycles. The molecule has 0 N–H and O–H groups in total. The molecule has 0 aliphatic carbocycles. The van der Waals surface area contributed by atoms with Crippen LogP contribution < -0.4 is 0 Å². The minimum absolute atomic E-state index is 0.00386. The lowest BCUT2D eigenvalue weighted by Gasteiger charge is -2.02. The van der Waals surface area contributed by atoms with Gasteiger partial charge in [-0.15, -0.1) is 0 Å². The highest BCUT2D eigenvalue weighted by atomic mass is 35.5. The minimum Gasteiger partial charge on any atom is -0.205 e. The molecule has 0 saturated heterocycles. The first-order chi connectivity index (χ1) is 5.57. The van der Waals surface area contributed by atoms with Gasteiger partial charge in [0.05, 0.1) is 15.6 Å². The standard InChI is InChI=1S/C8H4Cl2FN/c1-4-2-6(11)8(10)5(3-12)7(4)9/h2H,1H3. The summed E-state index contributed by atoms with van der Waals surface area (Å²) in [5.41, 5.74) is 0.506. The Bertz CT molecular complexity index is 342. The molecule has 1 aromatic rings. The number of hydrogen-bond acceptors (Lipinski definition) is 1. The quantitative estimate of drug-likeness (QED) is 0.594. The van der Waals surface area contributed by atoms with Crippen molar-refractivity contribution in [2.24, 2.45) is 0 Å². The van der Waals surface area contributed by atoms with Gasteiger partial charge in [0.15, 0.2) is 0 Å². The van der Waals surface area contributed by atoms with Crippen molar-refractivity contribution >= 4 is 23.2 Å². The predicted molar refractivity (Wildman–Crippen MR) is 45.9 cm³/mol. The van der Waals surface area contributed by atoms with Crippen LogP contribution in [0.5, 0.6) is 0 Å². The molecule has 1 aromatic carbocycles. The zero-order valence-corrected chi connectivity index (χ0v) is 7.67. The summed E-state index contributed by atoms with van der Waals surface area (Å²) in [4.78, 5) is 0. The van der Waals surface area contributed by atoms with Crippen LogP contribution in [0.3, 0.4) is 0 Å². The van der Waals surface area contributed by atoms with Crippen LogP contribution in [0, 0.1) is 24.1 Å². The molecule has 0 radical (unpaired) electrons. The van der Waals surface area contributed by atoms with E-state index in [1.807, 2.05) is 0 Å². The highest BCUT2D eigenvalue weighted by Gasteiger charge is 2.12. The van der Waals surface area contributed by atoms with Gasteiger partial charge in [-0.3, -0.25) is 0 Å². The van der Waals surface area contributed by atoms with Crippen molar-refractivity contribution in [1.29, 1.82) is 5.26 Å². The predicted octanol–water partition coefficient (Wildman–Crippen LogP) is 3.31. The fourth-order valence-electron chi connectivity index (χ4n) is 0.828. The van der Waals surface area contributed by atoms with Gasteiger partial charge in [0.2, 0.25) is 0 Å². The second-order valence-corrected chi connectivity index (χ2v) is 3.05. The van der Waals surface area contributed by atoms with Gasteiger partial charge in [0, 0.05) is 0 Å². The third kappa shape index (κ3) is 1.38. The average Bonchev–Trinajstić information content (AvgIpc) is 2.02. The van der Waals surface area contributed by atoms with Crippen molar-refractivity contribution in [3.63, 3.8) is 0 Å². The molecule has 1 rings (SSSR count). The lowest BCUT2D eigenvalue weighted by atomic mass is 10.1. The lowest BCUT2D eigenvalue weighted by Crippen LogP contribution is -1.88. The van der Waals surface area contributed by atoms with E-state index in [1.54, 1.807) is 13.0 Å². The molecule has 0 aliphatic rings. The highest BCUT2D eigenvalue weighted by molar-refractivity contribution is 6.37. The Morgan fingerprint density at radius 2 is 2.00 bits per heavy atom. The molecule has 4 heteroatoms. The van der Waals surface area contributed by atoms with Crippen molar-refractivity contribution in [2.75, 3.05) is 0 Å². The van der Waals surface area contributed by atoms with Crippen LogP contribution in [0.15, 0.2) is 6.07 Å². The maximum atomic E-state index is 12.9. The number of nitriles is 1. The smallest absolute Gasteiger partial charge is 0.143 e. The van der Waals surface area contributed by atoms with Gasteiger partial charge in [-0.05, 0) is 18.6 Å². The molecule has 12 heavy (non-hydrogen) atoms. The molecule has 1 nitrogen and oxygen atoms in total. The molecule has 0 saturated carbocycles. The van der Waals surface area contributed by atoms with Crippen LogP contribution in [0.25, 0.3) is 0 Å². The van der Waals surface area contributed by atoms with Gasteiger partial charge in [0.25, 0.3) is 0 Å². The first-order valence-electron chi connectivity index (χ1n) is 3.12. The van der Waals surface area contributed by atoms with Crippen LogP contribution in [0.1, 0.15) is 11.1 Å². The third-order valence-corrected chi connectivity index (χ3v) is 2.31. The van der Waals surface area contributed by atoms with Crippen molar-refractivity contribution < 1.29 is 4.39 Å². The van der Waals surface area contributed by atoms with Crippen LogP contribution in [-0.4, -0.2) is 0 Å². The summed E-state index contributed by atoms with van der Waals surface area (Å²) in [5, 5.41) is 8.56. The molecule has 0 bridgehead atoms. The summed E-state index contributed by atoms with van der Waals surface area (Å²) in [6.07, 6.45) is 0. The zero-order valence-electron chi connectivity index (χ0n) is 6.16. The van der Waals surface area contributed by atoms with E-state index in [1.165, 1.54) is 6.07 Å². The van der Waals surface area contributed by atoms with E-state index in [9.17, 15) is 4.39 Å². The summed E-state index contributed by atoms with van der Waals surface area (Å²) in [5.74, 6) is -0.616. The minimum atomic E-state index is -0.616. The molecule has 0 spiro atoms. The molecule has 0 aliphatic heterocycles. The van der Waals surface area contributed by atoms with E-state index in [-0.39, 0.29) is 15.6 Å². The summed E-state index contributed by atoms with van der Waals surface area (Å²) in [6.45, 7) is 1.61. The van der Waals surface area contributed by atoms with Crippen molar-refractivity contribution in [1.82, 2.24) is 0 Å². The summed E-state index contributed by atoms with van der Waals surface area (Å²) in [7, 11) is 0. The maximum Gasteiger partial charge on any atom is 0.143 e. The monoisotopic (exact) mass is 203 g/mol. The number of rotatable bonds is 0. The molecule has 0 fully saturated rings. The van der Waals surface area contributed by atoms with E-state index < -0.39 is 5.82 Å². The first-order valence-corrected chi connectivity index (χ1v) is 3.87. The Morgan fingerprint density at radius 1 is 1.42 bits per heavy atom. The maximum absolute atomic E-state index is 12.9. The molecular weight excluding hydrogens is 200 g/mol. The van der Waals surface area contributed by atoms with Crippen LogP contribution >= 0.6 is 23.2 Å². The van der Waals surface area contributed by atoms with Gasteiger partial charge in [0.1, 0.15) is 11.9 Å². The second-order valence-electron chi connectivity index (χ2n) is 2.29. The van der Waals surface area contributed by atoms with Crippen molar-refractivity contribution in [3.8, 4) is 6.07 Å². The van der Waals surface area contributed by atoms with E-state index in [0.717, 1.165) is 0 Å². The SMILES string of the molecule is Cc1cc(F)c(Cl)c(C#N)c1Cl. The Morgan fingerprint density at radius 3 is 2.50 bits per heavy atom. The molecule has 0 atom stereocenters. The summed E-state index contributed by atoms with van der Waals surface area (Å²) < 4.78 is 12.9. The topological polar surface area (TPSA) is 23.8 Å².